The maximum atomic E-state index is 12.2. The molecule has 1 aliphatic heterocycles. The van der Waals surface area contributed by atoms with Crippen molar-refractivity contribution in [2.45, 2.75) is 83.3 Å². The highest BCUT2D eigenvalue weighted by molar-refractivity contribution is 5.77. The van der Waals surface area contributed by atoms with Gasteiger partial charge >= 0.3 is 5.97 Å². The summed E-state index contributed by atoms with van der Waals surface area (Å²) < 4.78 is 0. The van der Waals surface area contributed by atoms with Gasteiger partial charge in [0.2, 0.25) is 5.91 Å². The Morgan fingerprint density at radius 3 is 2.84 bits per heavy atom. The van der Waals surface area contributed by atoms with Crippen LogP contribution in [0.5, 0.6) is 0 Å². The predicted octanol–water partition coefficient (Wildman–Crippen LogP) is 3.68. The molecule has 0 bridgehead atoms. The van der Waals surface area contributed by atoms with E-state index in [9.17, 15) is 14.7 Å². The number of carboxylic acids is 1. The van der Waals surface area contributed by atoms with Crippen molar-refractivity contribution in [1.82, 2.24) is 4.90 Å². The molecule has 5 heteroatoms. The zero-order chi connectivity index (χ0) is 18.5. The molecule has 2 N–H and O–H groups in total. The van der Waals surface area contributed by atoms with Crippen molar-refractivity contribution in [3.8, 4) is 0 Å². The number of hydrogen-bond acceptors (Lipinski definition) is 3. The summed E-state index contributed by atoms with van der Waals surface area (Å²) in [6.07, 6.45) is 15.2. The van der Waals surface area contributed by atoms with Gasteiger partial charge in [-0.3, -0.25) is 9.59 Å². The summed E-state index contributed by atoms with van der Waals surface area (Å²) in [5.74, 6) is -0.626. The fourth-order valence-electron chi connectivity index (χ4n) is 3.02. The number of carboxylic acid groups (broad SMARTS) is 1. The Labute approximate surface area is 151 Å². The van der Waals surface area contributed by atoms with Gasteiger partial charge in [-0.05, 0) is 32.1 Å². The van der Waals surface area contributed by atoms with Crippen molar-refractivity contribution < 1.29 is 19.8 Å². The van der Waals surface area contributed by atoms with Crippen LogP contribution < -0.4 is 0 Å². The van der Waals surface area contributed by atoms with Crippen molar-refractivity contribution >= 4 is 11.9 Å². The highest BCUT2D eigenvalue weighted by Gasteiger charge is 2.25. The predicted molar refractivity (Wildman–Crippen MR) is 99.3 cm³/mol. The number of piperidine rings is 1. The maximum absolute atomic E-state index is 12.2. The average molecular weight is 351 g/mol. The van der Waals surface area contributed by atoms with E-state index in [-0.39, 0.29) is 18.4 Å². The fraction of sp³-hybridized carbons (Fsp3) is 0.700. The Hall–Kier alpha value is -1.62. The van der Waals surface area contributed by atoms with Gasteiger partial charge in [0, 0.05) is 19.4 Å². The SMILES string of the molecule is CCCCCC(O)C=CC1CCCC(=O)N1CC=CCCCC(=O)O. The molecule has 1 fully saturated rings. The monoisotopic (exact) mass is 351 g/mol. The second-order valence-corrected chi connectivity index (χ2v) is 6.71. The highest BCUT2D eigenvalue weighted by atomic mass is 16.4. The normalized spacial score (nSPS) is 19.8. The molecule has 0 aromatic carbocycles. The molecule has 1 saturated heterocycles. The second-order valence-electron chi connectivity index (χ2n) is 6.71. The van der Waals surface area contributed by atoms with Crippen molar-refractivity contribution in [3.05, 3.63) is 24.3 Å². The quantitative estimate of drug-likeness (QED) is 0.415. The number of hydrogen-bond donors (Lipinski definition) is 2. The first-order valence-corrected chi connectivity index (χ1v) is 9.57. The van der Waals surface area contributed by atoms with Crippen LogP contribution in [-0.4, -0.2) is 45.7 Å². The number of carbonyl (C=O) groups is 2. The molecule has 1 rings (SSSR count). The number of unbranched alkanes of at least 4 members (excludes halogenated alkanes) is 3. The summed E-state index contributed by atoms with van der Waals surface area (Å²) in [5.41, 5.74) is 0. The molecular weight excluding hydrogens is 318 g/mol. The lowest BCUT2D eigenvalue weighted by molar-refractivity contribution is -0.137. The summed E-state index contributed by atoms with van der Waals surface area (Å²) >= 11 is 0. The van der Waals surface area contributed by atoms with E-state index in [1.807, 2.05) is 29.2 Å². The minimum Gasteiger partial charge on any atom is -0.481 e. The molecule has 142 valence electrons. The number of rotatable bonds is 12. The Balaban J connectivity index is 2.45. The molecule has 2 atom stereocenters. The first-order valence-electron chi connectivity index (χ1n) is 9.57. The van der Waals surface area contributed by atoms with Gasteiger partial charge in [-0.1, -0.05) is 50.5 Å². The molecule has 0 aromatic heterocycles. The first-order chi connectivity index (χ1) is 12.0. The molecule has 0 radical (unpaired) electrons. The molecule has 0 aliphatic carbocycles. The van der Waals surface area contributed by atoms with Crippen LogP contribution >= 0.6 is 0 Å². The van der Waals surface area contributed by atoms with Crippen LogP contribution in [0.4, 0.5) is 0 Å². The molecule has 5 nitrogen and oxygen atoms in total. The van der Waals surface area contributed by atoms with E-state index in [1.54, 1.807) is 0 Å². The number of nitrogens with zero attached hydrogens (tertiary/aromatic N) is 1. The number of carbonyl (C=O) groups excluding carboxylic acids is 1. The van der Waals surface area contributed by atoms with Crippen molar-refractivity contribution in [1.29, 1.82) is 0 Å². The highest BCUT2D eigenvalue weighted by Crippen LogP contribution is 2.20. The number of likely N-dealkylation sites (tertiary alicyclic amines) is 1. The summed E-state index contributed by atoms with van der Waals surface area (Å²) in [7, 11) is 0. The second kappa shape index (κ2) is 12.7. The number of aliphatic hydroxyl groups excluding tert-OH is 1. The summed E-state index contributed by atoms with van der Waals surface area (Å²) in [6, 6.07) is 0.0470. The third kappa shape index (κ3) is 9.44. The standard InChI is InChI=1S/C20H33NO4/c1-2-3-6-11-18(22)15-14-17-10-9-12-19(23)21(17)16-8-5-4-7-13-20(24)25/h5,8,14-15,17-18,22H,2-4,6-7,9-13,16H2,1H3,(H,24,25). The van der Waals surface area contributed by atoms with Gasteiger partial charge in [0.05, 0.1) is 12.1 Å². The molecule has 0 spiro atoms. The van der Waals surface area contributed by atoms with Gasteiger partial charge in [0.15, 0.2) is 0 Å². The van der Waals surface area contributed by atoms with Gasteiger partial charge in [-0.2, -0.15) is 0 Å². The van der Waals surface area contributed by atoms with Crippen LogP contribution in [0.2, 0.25) is 0 Å². The molecule has 2 unspecified atom stereocenters. The Morgan fingerprint density at radius 1 is 1.32 bits per heavy atom. The number of amides is 1. The van der Waals surface area contributed by atoms with Crippen molar-refractivity contribution in [2.75, 3.05) is 6.54 Å². The van der Waals surface area contributed by atoms with E-state index in [0.29, 0.717) is 25.8 Å². The third-order valence-electron chi connectivity index (χ3n) is 4.50. The van der Waals surface area contributed by atoms with E-state index >= 15 is 0 Å². The third-order valence-corrected chi connectivity index (χ3v) is 4.50. The number of aliphatic carboxylic acids is 1. The van der Waals surface area contributed by atoms with Crippen LogP contribution in [0.25, 0.3) is 0 Å². The van der Waals surface area contributed by atoms with Gasteiger partial charge in [0.1, 0.15) is 0 Å². The summed E-state index contributed by atoms with van der Waals surface area (Å²) in [5, 5.41) is 18.6. The smallest absolute Gasteiger partial charge is 0.303 e. The zero-order valence-electron chi connectivity index (χ0n) is 15.4. The van der Waals surface area contributed by atoms with Gasteiger partial charge in [-0.15, -0.1) is 0 Å². The Bertz CT molecular complexity index is 459. The van der Waals surface area contributed by atoms with Crippen LogP contribution in [-0.2, 0) is 9.59 Å². The van der Waals surface area contributed by atoms with Crippen LogP contribution in [0.1, 0.15) is 71.1 Å². The van der Waals surface area contributed by atoms with Crippen molar-refractivity contribution in [3.63, 3.8) is 0 Å². The molecular formula is C20H33NO4. The van der Waals surface area contributed by atoms with Crippen LogP contribution in [0.15, 0.2) is 24.3 Å². The number of allylic oxidation sites excluding steroid dienone is 1. The molecule has 1 aliphatic rings. The molecule has 1 amide bonds. The van der Waals surface area contributed by atoms with E-state index in [0.717, 1.165) is 38.5 Å². The Morgan fingerprint density at radius 2 is 2.12 bits per heavy atom. The maximum Gasteiger partial charge on any atom is 0.303 e. The minimum atomic E-state index is -0.776. The van der Waals surface area contributed by atoms with Gasteiger partial charge in [-0.25, -0.2) is 0 Å². The van der Waals surface area contributed by atoms with Gasteiger partial charge < -0.3 is 15.1 Å². The van der Waals surface area contributed by atoms with E-state index < -0.39 is 12.1 Å². The first kappa shape index (κ1) is 21.4. The Kier molecular flexibility index (Phi) is 10.9. The summed E-state index contributed by atoms with van der Waals surface area (Å²) in [4.78, 5) is 24.5. The fourth-order valence-corrected chi connectivity index (χ4v) is 3.02. The van der Waals surface area contributed by atoms with E-state index in [2.05, 4.69) is 6.92 Å². The molecule has 0 saturated carbocycles. The molecule has 0 aromatic rings. The average Bonchev–Trinajstić information content (AvgIpc) is 2.57. The van der Waals surface area contributed by atoms with Crippen molar-refractivity contribution in [2.24, 2.45) is 0 Å². The topological polar surface area (TPSA) is 77.8 Å². The van der Waals surface area contributed by atoms with Crippen LogP contribution in [0, 0.1) is 0 Å². The molecule has 1 heterocycles. The largest absolute Gasteiger partial charge is 0.481 e. The number of aliphatic hydroxyl groups is 1. The van der Waals surface area contributed by atoms with E-state index in [4.69, 9.17) is 5.11 Å². The lowest BCUT2D eigenvalue weighted by atomic mass is 10.00. The minimum absolute atomic E-state index is 0.0470. The van der Waals surface area contributed by atoms with E-state index in [1.165, 1.54) is 0 Å². The lowest BCUT2D eigenvalue weighted by Gasteiger charge is -2.33. The van der Waals surface area contributed by atoms with Gasteiger partial charge in [0.25, 0.3) is 0 Å². The molecule has 25 heavy (non-hydrogen) atoms. The lowest BCUT2D eigenvalue weighted by Crippen LogP contribution is -2.42. The van der Waals surface area contributed by atoms with Crippen LogP contribution in [0.3, 0.4) is 0 Å². The zero-order valence-corrected chi connectivity index (χ0v) is 15.4. The summed E-state index contributed by atoms with van der Waals surface area (Å²) in [6.45, 7) is 2.69.